The van der Waals surface area contributed by atoms with Crippen LogP contribution >= 0.6 is 11.6 Å². The van der Waals surface area contributed by atoms with Gasteiger partial charge in [-0.2, -0.15) is 0 Å². The van der Waals surface area contributed by atoms with Crippen molar-refractivity contribution in [3.05, 3.63) is 16.4 Å². The Morgan fingerprint density at radius 2 is 2.00 bits per heavy atom. The minimum absolute atomic E-state index is 0.538. The van der Waals surface area contributed by atoms with Crippen LogP contribution in [0, 0.1) is 13.8 Å². The highest BCUT2D eigenvalue weighted by molar-refractivity contribution is 6.30. The Kier molecular flexibility index (Phi) is 4.14. The molecule has 0 aliphatic heterocycles. The molecule has 0 aliphatic carbocycles. The van der Waals surface area contributed by atoms with Gasteiger partial charge in [-0.3, -0.25) is 0 Å². The monoisotopic (exact) mass is 213 g/mol. The molecule has 0 amide bonds. The van der Waals surface area contributed by atoms with Crippen LogP contribution in [0.2, 0.25) is 5.15 Å². The highest BCUT2D eigenvalue weighted by Gasteiger charge is 2.04. The molecule has 78 valence electrons. The molecule has 1 N–H and O–H groups in total. The Labute approximate surface area is 89.9 Å². The summed E-state index contributed by atoms with van der Waals surface area (Å²) in [6.45, 7) is 6.91. The number of nitrogens with one attached hydrogen (secondary N) is 1. The highest BCUT2D eigenvalue weighted by atomic mass is 35.5. The first-order chi connectivity index (χ1) is 6.65. The summed E-state index contributed by atoms with van der Waals surface area (Å²) in [5.74, 6) is 0.631. The second kappa shape index (κ2) is 5.15. The van der Waals surface area contributed by atoms with Crippen molar-refractivity contribution in [3.8, 4) is 0 Å². The van der Waals surface area contributed by atoms with Crippen LogP contribution in [0.5, 0.6) is 0 Å². The molecular weight excluding hydrogens is 198 g/mol. The fourth-order valence-electron chi connectivity index (χ4n) is 1.05. The summed E-state index contributed by atoms with van der Waals surface area (Å²) in [6.07, 6.45) is 2.28. The maximum Gasteiger partial charge on any atom is 0.224 e. The summed E-state index contributed by atoms with van der Waals surface area (Å²) < 4.78 is 0. The molecule has 0 spiro atoms. The van der Waals surface area contributed by atoms with Crippen molar-refractivity contribution < 1.29 is 0 Å². The number of anilines is 1. The van der Waals surface area contributed by atoms with Crippen molar-refractivity contribution in [1.29, 1.82) is 0 Å². The third-order valence-electron chi connectivity index (χ3n) is 2.14. The molecule has 0 radical (unpaired) electrons. The number of nitrogens with zero attached hydrogens (tertiary/aromatic N) is 2. The average molecular weight is 214 g/mol. The highest BCUT2D eigenvalue weighted by Crippen LogP contribution is 2.16. The van der Waals surface area contributed by atoms with Crippen molar-refractivity contribution in [2.75, 3.05) is 11.9 Å². The lowest BCUT2D eigenvalue weighted by Gasteiger charge is -2.07. The molecule has 1 heterocycles. The van der Waals surface area contributed by atoms with E-state index in [2.05, 4.69) is 22.2 Å². The van der Waals surface area contributed by atoms with E-state index in [-0.39, 0.29) is 0 Å². The van der Waals surface area contributed by atoms with E-state index in [4.69, 9.17) is 11.6 Å². The minimum atomic E-state index is 0.538. The molecule has 4 heteroatoms. The van der Waals surface area contributed by atoms with Gasteiger partial charge in [-0.05, 0) is 20.3 Å². The number of unbranched alkanes of at least 4 members (excludes halogenated alkanes) is 1. The SMILES string of the molecule is CCCCNc1nc(C)c(C)c(Cl)n1. The van der Waals surface area contributed by atoms with Gasteiger partial charge in [0.2, 0.25) is 5.95 Å². The lowest BCUT2D eigenvalue weighted by molar-refractivity contribution is 0.824. The molecule has 14 heavy (non-hydrogen) atoms. The molecule has 1 aromatic rings. The number of aryl methyl sites for hydroxylation is 1. The number of halogens is 1. The number of aromatic nitrogens is 2. The van der Waals surface area contributed by atoms with Gasteiger partial charge in [-0.25, -0.2) is 9.97 Å². The minimum Gasteiger partial charge on any atom is -0.354 e. The lowest BCUT2D eigenvalue weighted by atomic mass is 10.3. The summed E-state index contributed by atoms with van der Waals surface area (Å²) in [4.78, 5) is 8.45. The standard InChI is InChI=1S/C10H16ClN3/c1-4-5-6-12-10-13-8(3)7(2)9(11)14-10/h4-6H2,1-3H3,(H,12,13,14). The van der Waals surface area contributed by atoms with E-state index in [0.29, 0.717) is 11.1 Å². The van der Waals surface area contributed by atoms with Crippen LogP contribution in [0.1, 0.15) is 31.0 Å². The van der Waals surface area contributed by atoms with E-state index in [1.54, 1.807) is 0 Å². The van der Waals surface area contributed by atoms with Crippen LogP contribution in [0.3, 0.4) is 0 Å². The van der Waals surface area contributed by atoms with Crippen molar-refractivity contribution in [2.45, 2.75) is 33.6 Å². The third-order valence-corrected chi connectivity index (χ3v) is 2.51. The van der Waals surface area contributed by atoms with Crippen LogP contribution < -0.4 is 5.32 Å². The number of hydrogen-bond acceptors (Lipinski definition) is 3. The first-order valence-corrected chi connectivity index (χ1v) is 5.27. The Bertz CT molecular complexity index is 289. The Morgan fingerprint density at radius 3 is 2.57 bits per heavy atom. The molecule has 0 atom stereocenters. The molecule has 0 aromatic carbocycles. The molecule has 0 aliphatic rings. The summed E-state index contributed by atoms with van der Waals surface area (Å²) >= 11 is 5.94. The van der Waals surface area contributed by atoms with Crippen LogP contribution in [-0.2, 0) is 0 Å². The normalized spacial score (nSPS) is 10.3. The molecular formula is C10H16ClN3. The Balaban J connectivity index is 2.69. The predicted octanol–water partition coefficient (Wildman–Crippen LogP) is 2.96. The summed E-state index contributed by atoms with van der Waals surface area (Å²) in [5, 5.41) is 3.69. The molecule has 1 aromatic heterocycles. The van der Waals surface area contributed by atoms with Crippen LogP contribution in [-0.4, -0.2) is 16.5 Å². The van der Waals surface area contributed by atoms with Gasteiger partial charge >= 0.3 is 0 Å². The summed E-state index contributed by atoms with van der Waals surface area (Å²) in [6, 6.07) is 0. The van der Waals surface area contributed by atoms with E-state index in [1.165, 1.54) is 0 Å². The van der Waals surface area contributed by atoms with Crippen LogP contribution in [0.15, 0.2) is 0 Å². The van der Waals surface area contributed by atoms with E-state index < -0.39 is 0 Å². The van der Waals surface area contributed by atoms with E-state index in [0.717, 1.165) is 30.6 Å². The summed E-state index contributed by atoms with van der Waals surface area (Å²) in [7, 11) is 0. The fourth-order valence-corrected chi connectivity index (χ4v) is 1.27. The largest absolute Gasteiger partial charge is 0.354 e. The number of rotatable bonds is 4. The summed E-state index contributed by atoms with van der Waals surface area (Å²) in [5.41, 5.74) is 1.89. The molecule has 0 saturated heterocycles. The number of hydrogen-bond donors (Lipinski definition) is 1. The zero-order chi connectivity index (χ0) is 10.6. The molecule has 0 bridgehead atoms. The lowest BCUT2D eigenvalue weighted by Crippen LogP contribution is -2.06. The first kappa shape index (κ1) is 11.2. The van der Waals surface area contributed by atoms with Crippen molar-refractivity contribution in [1.82, 2.24) is 9.97 Å². The van der Waals surface area contributed by atoms with E-state index in [9.17, 15) is 0 Å². The Morgan fingerprint density at radius 1 is 1.29 bits per heavy atom. The van der Waals surface area contributed by atoms with Gasteiger partial charge in [-0.15, -0.1) is 0 Å². The smallest absolute Gasteiger partial charge is 0.224 e. The third kappa shape index (κ3) is 2.84. The van der Waals surface area contributed by atoms with E-state index in [1.807, 2.05) is 13.8 Å². The fraction of sp³-hybridized carbons (Fsp3) is 0.600. The van der Waals surface area contributed by atoms with Crippen molar-refractivity contribution >= 4 is 17.5 Å². The zero-order valence-electron chi connectivity index (χ0n) is 8.89. The topological polar surface area (TPSA) is 37.8 Å². The maximum atomic E-state index is 5.94. The molecule has 0 saturated carbocycles. The van der Waals surface area contributed by atoms with E-state index >= 15 is 0 Å². The van der Waals surface area contributed by atoms with Gasteiger partial charge in [0.25, 0.3) is 0 Å². The second-order valence-electron chi connectivity index (χ2n) is 3.33. The molecule has 1 rings (SSSR count). The predicted molar refractivity (Wildman–Crippen MR) is 59.9 cm³/mol. The van der Waals surface area contributed by atoms with Gasteiger partial charge < -0.3 is 5.32 Å². The maximum absolute atomic E-state index is 5.94. The van der Waals surface area contributed by atoms with Gasteiger partial charge in [0.1, 0.15) is 5.15 Å². The van der Waals surface area contributed by atoms with Crippen LogP contribution in [0.4, 0.5) is 5.95 Å². The average Bonchev–Trinajstić information content (AvgIpc) is 2.14. The Hall–Kier alpha value is -0.830. The molecule has 0 fully saturated rings. The van der Waals surface area contributed by atoms with Gasteiger partial charge in [0, 0.05) is 17.8 Å². The van der Waals surface area contributed by atoms with Gasteiger partial charge in [0.15, 0.2) is 0 Å². The quantitative estimate of drug-likeness (QED) is 0.617. The second-order valence-corrected chi connectivity index (χ2v) is 3.69. The molecule has 3 nitrogen and oxygen atoms in total. The zero-order valence-corrected chi connectivity index (χ0v) is 9.65. The molecule has 0 unspecified atom stereocenters. The van der Waals surface area contributed by atoms with Gasteiger partial charge in [0.05, 0.1) is 0 Å². The van der Waals surface area contributed by atoms with Gasteiger partial charge in [-0.1, -0.05) is 24.9 Å². The van der Waals surface area contributed by atoms with Crippen LogP contribution in [0.25, 0.3) is 0 Å². The first-order valence-electron chi connectivity index (χ1n) is 4.89. The van der Waals surface area contributed by atoms with Crippen molar-refractivity contribution in [2.24, 2.45) is 0 Å². The van der Waals surface area contributed by atoms with Crippen molar-refractivity contribution in [3.63, 3.8) is 0 Å².